The summed E-state index contributed by atoms with van der Waals surface area (Å²) in [7, 11) is 0. The SMILES string of the molecule is O=C(O)CNC(C(=O)O)c1ccccc1[N+](=O)[O-]. The number of carboxylic acid groups (broad SMARTS) is 2. The molecule has 0 aliphatic rings. The van der Waals surface area contributed by atoms with E-state index in [-0.39, 0.29) is 11.3 Å². The summed E-state index contributed by atoms with van der Waals surface area (Å²) in [6, 6.07) is 3.83. The molecule has 1 aromatic rings. The predicted molar refractivity (Wildman–Crippen MR) is 59.1 cm³/mol. The lowest BCUT2D eigenvalue weighted by Crippen LogP contribution is -2.33. The van der Waals surface area contributed by atoms with E-state index in [2.05, 4.69) is 5.32 Å². The largest absolute Gasteiger partial charge is 0.480 e. The summed E-state index contributed by atoms with van der Waals surface area (Å²) in [5.41, 5.74) is -0.459. The number of carbonyl (C=O) groups is 2. The molecule has 1 unspecified atom stereocenters. The van der Waals surface area contributed by atoms with E-state index in [0.717, 1.165) is 6.07 Å². The molecule has 0 heterocycles. The number of hydrogen-bond donors (Lipinski definition) is 3. The molecule has 1 aromatic carbocycles. The number of rotatable bonds is 6. The van der Waals surface area contributed by atoms with Crippen LogP contribution in [0.1, 0.15) is 11.6 Å². The molecular formula is C10H10N2O6. The molecule has 1 rings (SSSR count). The highest BCUT2D eigenvalue weighted by Gasteiger charge is 2.27. The fourth-order valence-corrected chi connectivity index (χ4v) is 1.42. The maximum absolute atomic E-state index is 11.0. The molecule has 96 valence electrons. The van der Waals surface area contributed by atoms with Crippen LogP contribution >= 0.6 is 0 Å². The maximum Gasteiger partial charge on any atom is 0.325 e. The van der Waals surface area contributed by atoms with Gasteiger partial charge in [-0.25, -0.2) is 0 Å². The zero-order chi connectivity index (χ0) is 13.7. The molecule has 1 atom stereocenters. The highest BCUT2D eigenvalue weighted by atomic mass is 16.6. The quantitative estimate of drug-likeness (QED) is 0.494. The Kier molecular flexibility index (Phi) is 4.33. The van der Waals surface area contributed by atoms with Gasteiger partial charge in [0.15, 0.2) is 0 Å². The lowest BCUT2D eigenvalue weighted by Gasteiger charge is -2.13. The van der Waals surface area contributed by atoms with Gasteiger partial charge >= 0.3 is 11.9 Å². The summed E-state index contributed by atoms with van der Waals surface area (Å²) in [4.78, 5) is 31.4. The van der Waals surface area contributed by atoms with Gasteiger partial charge in [0, 0.05) is 6.07 Å². The molecule has 18 heavy (non-hydrogen) atoms. The molecule has 8 heteroatoms. The van der Waals surface area contributed by atoms with Gasteiger partial charge in [-0.2, -0.15) is 0 Å². The third-order valence-corrected chi connectivity index (χ3v) is 2.15. The predicted octanol–water partition coefficient (Wildman–Crippen LogP) is 0.395. The Morgan fingerprint density at radius 2 is 1.94 bits per heavy atom. The molecule has 0 aromatic heterocycles. The average Bonchev–Trinajstić information content (AvgIpc) is 2.28. The van der Waals surface area contributed by atoms with E-state index in [9.17, 15) is 19.7 Å². The van der Waals surface area contributed by atoms with Gasteiger partial charge in [-0.05, 0) is 6.07 Å². The average molecular weight is 254 g/mol. The molecule has 0 spiro atoms. The van der Waals surface area contributed by atoms with Crippen LogP contribution in [0.2, 0.25) is 0 Å². The van der Waals surface area contributed by atoms with Crippen LogP contribution in [0.15, 0.2) is 24.3 Å². The second kappa shape index (κ2) is 5.73. The highest BCUT2D eigenvalue weighted by Crippen LogP contribution is 2.24. The lowest BCUT2D eigenvalue weighted by molar-refractivity contribution is -0.385. The number of nitro benzene ring substituents is 1. The van der Waals surface area contributed by atoms with Crippen molar-refractivity contribution in [2.75, 3.05) is 6.54 Å². The number of aliphatic carboxylic acids is 2. The second-order valence-corrected chi connectivity index (χ2v) is 3.36. The smallest absolute Gasteiger partial charge is 0.325 e. The first kappa shape index (κ1) is 13.6. The van der Waals surface area contributed by atoms with Gasteiger partial charge in [0.25, 0.3) is 5.69 Å². The molecule has 0 fully saturated rings. The van der Waals surface area contributed by atoms with Gasteiger partial charge in [-0.3, -0.25) is 25.0 Å². The maximum atomic E-state index is 11.0. The fourth-order valence-electron chi connectivity index (χ4n) is 1.42. The zero-order valence-electron chi connectivity index (χ0n) is 9.07. The normalized spacial score (nSPS) is 11.8. The van der Waals surface area contributed by atoms with Crippen molar-refractivity contribution in [3.8, 4) is 0 Å². The molecule has 0 saturated heterocycles. The van der Waals surface area contributed by atoms with Crippen LogP contribution in [0.3, 0.4) is 0 Å². The summed E-state index contributed by atoms with van der Waals surface area (Å²) in [5.74, 6) is -2.63. The molecule has 0 saturated carbocycles. The van der Waals surface area contributed by atoms with Crippen LogP contribution in [0.25, 0.3) is 0 Å². The molecule has 0 aliphatic carbocycles. The first-order chi connectivity index (χ1) is 8.43. The van der Waals surface area contributed by atoms with Crippen molar-refractivity contribution < 1.29 is 24.7 Å². The third kappa shape index (κ3) is 3.25. The summed E-state index contributed by atoms with van der Waals surface area (Å²) < 4.78 is 0. The van der Waals surface area contributed by atoms with E-state index >= 15 is 0 Å². The van der Waals surface area contributed by atoms with Crippen LogP contribution in [0.4, 0.5) is 5.69 Å². The van der Waals surface area contributed by atoms with E-state index in [1.54, 1.807) is 0 Å². The minimum Gasteiger partial charge on any atom is -0.480 e. The number of para-hydroxylation sites is 1. The van der Waals surface area contributed by atoms with Gasteiger partial charge in [-0.1, -0.05) is 12.1 Å². The van der Waals surface area contributed by atoms with Crippen molar-refractivity contribution in [2.45, 2.75) is 6.04 Å². The van der Waals surface area contributed by atoms with E-state index in [1.165, 1.54) is 18.2 Å². The van der Waals surface area contributed by atoms with E-state index in [1.807, 2.05) is 0 Å². The number of nitrogens with one attached hydrogen (secondary N) is 1. The van der Waals surface area contributed by atoms with Gasteiger partial charge < -0.3 is 10.2 Å². The Hall–Kier alpha value is -2.48. The number of hydrogen-bond acceptors (Lipinski definition) is 5. The Labute approximate surface area is 101 Å². The number of benzene rings is 1. The van der Waals surface area contributed by atoms with Crippen molar-refractivity contribution in [1.29, 1.82) is 0 Å². The molecule has 8 nitrogen and oxygen atoms in total. The topological polar surface area (TPSA) is 130 Å². The van der Waals surface area contributed by atoms with Gasteiger partial charge in [0.1, 0.15) is 6.04 Å². The van der Waals surface area contributed by atoms with Crippen LogP contribution in [0.5, 0.6) is 0 Å². The summed E-state index contributed by atoms with van der Waals surface area (Å²) in [5, 5.41) is 30.4. The minimum absolute atomic E-state index is 0.0868. The number of nitrogens with zero attached hydrogens (tertiary/aromatic N) is 1. The molecule has 0 radical (unpaired) electrons. The van der Waals surface area contributed by atoms with Gasteiger partial charge in [0.05, 0.1) is 17.0 Å². The lowest BCUT2D eigenvalue weighted by atomic mass is 10.0. The molecule has 0 bridgehead atoms. The first-order valence-electron chi connectivity index (χ1n) is 4.84. The highest BCUT2D eigenvalue weighted by molar-refractivity contribution is 5.78. The van der Waals surface area contributed by atoms with Crippen molar-refractivity contribution in [1.82, 2.24) is 5.32 Å². The van der Waals surface area contributed by atoms with Crippen LogP contribution < -0.4 is 5.32 Å². The number of nitro groups is 1. The second-order valence-electron chi connectivity index (χ2n) is 3.36. The molecule has 0 amide bonds. The van der Waals surface area contributed by atoms with E-state index in [4.69, 9.17) is 10.2 Å². The minimum atomic E-state index is -1.44. The zero-order valence-corrected chi connectivity index (χ0v) is 9.07. The van der Waals surface area contributed by atoms with Crippen molar-refractivity contribution in [3.63, 3.8) is 0 Å². The monoisotopic (exact) mass is 254 g/mol. The molecular weight excluding hydrogens is 244 g/mol. The molecule has 3 N–H and O–H groups in total. The Morgan fingerprint density at radius 3 is 2.44 bits per heavy atom. The third-order valence-electron chi connectivity index (χ3n) is 2.15. The van der Waals surface area contributed by atoms with Crippen molar-refractivity contribution >= 4 is 17.6 Å². The van der Waals surface area contributed by atoms with E-state index in [0.29, 0.717) is 0 Å². The fraction of sp³-hybridized carbons (Fsp3) is 0.200. The number of carboxylic acids is 2. The van der Waals surface area contributed by atoms with Crippen molar-refractivity contribution in [2.24, 2.45) is 0 Å². The summed E-state index contributed by atoms with van der Waals surface area (Å²) in [6.07, 6.45) is 0. The Morgan fingerprint density at radius 1 is 1.33 bits per heavy atom. The van der Waals surface area contributed by atoms with Crippen molar-refractivity contribution in [3.05, 3.63) is 39.9 Å². The first-order valence-corrected chi connectivity index (χ1v) is 4.84. The van der Waals surface area contributed by atoms with Gasteiger partial charge in [-0.15, -0.1) is 0 Å². The van der Waals surface area contributed by atoms with Crippen LogP contribution in [-0.2, 0) is 9.59 Å². The Balaban J connectivity index is 3.09. The van der Waals surface area contributed by atoms with E-state index < -0.39 is 29.4 Å². The Bertz CT molecular complexity index is 487. The molecule has 0 aliphatic heterocycles. The van der Waals surface area contributed by atoms with Crippen LogP contribution in [0, 0.1) is 10.1 Å². The van der Waals surface area contributed by atoms with Crippen LogP contribution in [-0.4, -0.2) is 33.6 Å². The van der Waals surface area contributed by atoms with Gasteiger partial charge in [0.2, 0.25) is 0 Å². The summed E-state index contributed by atoms with van der Waals surface area (Å²) in [6.45, 7) is -0.608. The summed E-state index contributed by atoms with van der Waals surface area (Å²) >= 11 is 0. The standard InChI is InChI=1S/C10H10N2O6/c13-8(14)5-11-9(10(15)16)6-3-1-2-4-7(6)12(17)18/h1-4,9,11H,5H2,(H,13,14)(H,15,16).